The molecule has 5 heteroatoms. The van der Waals surface area contributed by atoms with Gasteiger partial charge in [0.1, 0.15) is 17.3 Å². The smallest absolute Gasteiger partial charge is 0.145 e. The quantitative estimate of drug-likeness (QED) is 0.516. The second-order valence-electron chi connectivity index (χ2n) is 3.46. The van der Waals surface area contributed by atoms with Crippen LogP contribution in [0.4, 0.5) is 4.39 Å². The summed E-state index contributed by atoms with van der Waals surface area (Å²) < 4.78 is 18.7. The van der Waals surface area contributed by atoms with Gasteiger partial charge in [-0.1, -0.05) is 28.9 Å². The monoisotopic (exact) mass is 265 g/mol. The summed E-state index contributed by atoms with van der Waals surface area (Å²) in [6, 6.07) is 11.1. The Morgan fingerprint density at radius 2 is 2.00 bits per heavy atom. The highest BCUT2D eigenvalue weighted by atomic mass is 35.5. The van der Waals surface area contributed by atoms with Crippen molar-refractivity contribution in [2.45, 2.75) is 0 Å². The number of hydrogen-bond acceptors (Lipinski definition) is 3. The van der Waals surface area contributed by atoms with Crippen molar-refractivity contribution in [1.82, 2.24) is 0 Å². The Labute approximate surface area is 108 Å². The molecule has 0 radical (unpaired) electrons. The minimum atomic E-state index is -0.553. The average molecular weight is 266 g/mol. The van der Waals surface area contributed by atoms with Crippen molar-refractivity contribution in [3.8, 4) is 11.5 Å². The normalized spacial score (nSPS) is 10.8. The molecule has 0 heterocycles. The molecule has 0 unspecified atom stereocenters. The Kier molecular flexibility index (Phi) is 3.79. The van der Waals surface area contributed by atoms with Gasteiger partial charge < -0.3 is 9.94 Å². The molecule has 0 atom stereocenters. The number of hydrogen-bond donors (Lipinski definition) is 1. The van der Waals surface area contributed by atoms with Crippen molar-refractivity contribution in [3.63, 3.8) is 0 Å². The van der Waals surface area contributed by atoms with Crippen LogP contribution in [-0.2, 0) is 0 Å². The SMILES string of the molecule is O/N=C\c1ccccc1Oc1ccc(Cl)c(F)c1. The first kappa shape index (κ1) is 12.4. The molecule has 0 spiro atoms. The number of halogens is 2. The standard InChI is InChI=1S/C13H9ClFNO2/c14-11-6-5-10(7-12(11)15)18-13-4-2-1-3-9(13)8-16-17/h1-8,17H/b16-8-. The highest BCUT2D eigenvalue weighted by Crippen LogP contribution is 2.27. The highest BCUT2D eigenvalue weighted by molar-refractivity contribution is 6.30. The van der Waals surface area contributed by atoms with Crippen LogP contribution in [0.15, 0.2) is 47.6 Å². The molecule has 0 aliphatic heterocycles. The molecule has 18 heavy (non-hydrogen) atoms. The molecular formula is C13H9ClFNO2. The molecular weight excluding hydrogens is 257 g/mol. The minimum Gasteiger partial charge on any atom is -0.457 e. The lowest BCUT2D eigenvalue weighted by molar-refractivity contribution is 0.321. The van der Waals surface area contributed by atoms with E-state index < -0.39 is 5.82 Å². The predicted molar refractivity (Wildman–Crippen MR) is 67.3 cm³/mol. The predicted octanol–water partition coefficient (Wildman–Crippen LogP) is 4.08. The fourth-order valence-electron chi connectivity index (χ4n) is 1.41. The number of oxime groups is 1. The maximum absolute atomic E-state index is 13.3. The van der Waals surface area contributed by atoms with Crippen molar-refractivity contribution in [3.05, 3.63) is 58.9 Å². The number of benzene rings is 2. The van der Waals surface area contributed by atoms with Crippen molar-refractivity contribution in [1.29, 1.82) is 0 Å². The molecule has 92 valence electrons. The molecule has 1 N–H and O–H groups in total. The third-order valence-electron chi connectivity index (χ3n) is 2.23. The molecule has 2 aromatic rings. The van der Waals surface area contributed by atoms with Crippen LogP contribution in [0.3, 0.4) is 0 Å². The largest absolute Gasteiger partial charge is 0.457 e. The Morgan fingerprint density at radius 1 is 1.22 bits per heavy atom. The molecule has 2 aromatic carbocycles. The minimum absolute atomic E-state index is 0.0348. The van der Waals surface area contributed by atoms with E-state index in [-0.39, 0.29) is 5.02 Å². The van der Waals surface area contributed by atoms with Crippen LogP contribution in [0.1, 0.15) is 5.56 Å². The van der Waals surface area contributed by atoms with Crippen LogP contribution in [0.5, 0.6) is 11.5 Å². The van der Waals surface area contributed by atoms with Gasteiger partial charge in [0.2, 0.25) is 0 Å². The molecule has 2 rings (SSSR count). The van der Waals surface area contributed by atoms with Crippen LogP contribution < -0.4 is 4.74 Å². The molecule has 3 nitrogen and oxygen atoms in total. The average Bonchev–Trinajstić information content (AvgIpc) is 2.37. The first-order valence-corrected chi connectivity index (χ1v) is 5.48. The summed E-state index contributed by atoms with van der Waals surface area (Å²) >= 11 is 5.58. The van der Waals surface area contributed by atoms with Gasteiger partial charge in [-0.15, -0.1) is 0 Å². The molecule has 0 amide bonds. The van der Waals surface area contributed by atoms with Gasteiger partial charge >= 0.3 is 0 Å². The maximum atomic E-state index is 13.3. The Balaban J connectivity index is 2.31. The fourth-order valence-corrected chi connectivity index (χ4v) is 1.53. The zero-order valence-corrected chi connectivity index (χ0v) is 9.93. The number of nitrogens with zero attached hydrogens (tertiary/aromatic N) is 1. The molecule has 0 saturated carbocycles. The van der Waals surface area contributed by atoms with Crippen LogP contribution in [0, 0.1) is 5.82 Å². The molecule has 0 aliphatic rings. The van der Waals surface area contributed by atoms with Gasteiger partial charge in [0.15, 0.2) is 0 Å². The van der Waals surface area contributed by atoms with Gasteiger partial charge in [0, 0.05) is 11.6 Å². The van der Waals surface area contributed by atoms with Crippen molar-refractivity contribution in [2.24, 2.45) is 5.16 Å². The number of para-hydroxylation sites is 1. The summed E-state index contributed by atoms with van der Waals surface area (Å²) in [5.41, 5.74) is 0.579. The van der Waals surface area contributed by atoms with Crippen molar-refractivity contribution < 1.29 is 14.3 Å². The van der Waals surface area contributed by atoms with Gasteiger partial charge in [-0.2, -0.15) is 0 Å². The van der Waals surface area contributed by atoms with Crippen LogP contribution in [-0.4, -0.2) is 11.4 Å². The van der Waals surface area contributed by atoms with E-state index >= 15 is 0 Å². The lowest BCUT2D eigenvalue weighted by Gasteiger charge is -2.08. The summed E-state index contributed by atoms with van der Waals surface area (Å²) in [4.78, 5) is 0. The lowest BCUT2D eigenvalue weighted by atomic mass is 10.2. The topological polar surface area (TPSA) is 41.8 Å². The second kappa shape index (κ2) is 5.51. The van der Waals surface area contributed by atoms with E-state index in [4.69, 9.17) is 21.5 Å². The van der Waals surface area contributed by atoms with Crippen LogP contribution in [0.2, 0.25) is 5.02 Å². The zero-order valence-electron chi connectivity index (χ0n) is 9.18. The van der Waals surface area contributed by atoms with E-state index in [1.54, 1.807) is 30.3 Å². The van der Waals surface area contributed by atoms with Gasteiger partial charge in [-0.05, 0) is 24.3 Å². The molecule has 0 saturated heterocycles. The summed E-state index contributed by atoms with van der Waals surface area (Å²) in [5.74, 6) is 0.218. The van der Waals surface area contributed by atoms with Gasteiger partial charge in [0.25, 0.3) is 0 Å². The van der Waals surface area contributed by atoms with Gasteiger partial charge in [-0.3, -0.25) is 0 Å². The van der Waals surface area contributed by atoms with E-state index in [0.717, 1.165) is 0 Å². The first-order chi connectivity index (χ1) is 8.70. The summed E-state index contributed by atoms with van der Waals surface area (Å²) in [6.45, 7) is 0. The Hall–Kier alpha value is -2.07. The lowest BCUT2D eigenvalue weighted by Crippen LogP contribution is -1.91. The highest BCUT2D eigenvalue weighted by Gasteiger charge is 2.05. The Bertz CT molecular complexity index is 587. The van der Waals surface area contributed by atoms with E-state index in [2.05, 4.69) is 5.16 Å². The third kappa shape index (κ3) is 2.78. The van der Waals surface area contributed by atoms with E-state index in [1.807, 2.05) is 0 Å². The summed E-state index contributed by atoms with van der Waals surface area (Å²) in [6.07, 6.45) is 1.24. The van der Waals surface area contributed by atoms with Crippen LogP contribution in [0.25, 0.3) is 0 Å². The van der Waals surface area contributed by atoms with Crippen molar-refractivity contribution >= 4 is 17.8 Å². The number of rotatable bonds is 3. The molecule has 0 aromatic heterocycles. The molecule has 0 bridgehead atoms. The van der Waals surface area contributed by atoms with Gasteiger partial charge in [0.05, 0.1) is 11.2 Å². The first-order valence-electron chi connectivity index (χ1n) is 5.10. The summed E-state index contributed by atoms with van der Waals surface area (Å²) in [5, 5.41) is 11.5. The molecule has 0 fully saturated rings. The fraction of sp³-hybridized carbons (Fsp3) is 0. The number of ether oxygens (including phenoxy) is 1. The molecule has 0 aliphatic carbocycles. The van der Waals surface area contributed by atoms with E-state index in [0.29, 0.717) is 17.1 Å². The van der Waals surface area contributed by atoms with Crippen LogP contribution >= 0.6 is 11.6 Å². The summed E-state index contributed by atoms with van der Waals surface area (Å²) in [7, 11) is 0. The van der Waals surface area contributed by atoms with Crippen molar-refractivity contribution in [2.75, 3.05) is 0 Å². The van der Waals surface area contributed by atoms with E-state index in [1.165, 1.54) is 18.3 Å². The van der Waals surface area contributed by atoms with E-state index in [9.17, 15) is 4.39 Å². The second-order valence-corrected chi connectivity index (χ2v) is 3.87. The maximum Gasteiger partial charge on any atom is 0.145 e. The Morgan fingerprint density at radius 3 is 2.72 bits per heavy atom. The zero-order chi connectivity index (χ0) is 13.0. The third-order valence-corrected chi connectivity index (χ3v) is 2.54. The van der Waals surface area contributed by atoms with Gasteiger partial charge in [-0.25, -0.2) is 4.39 Å².